The van der Waals surface area contributed by atoms with Gasteiger partial charge in [0.05, 0.1) is 6.04 Å². The predicted molar refractivity (Wildman–Crippen MR) is 68.8 cm³/mol. The van der Waals surface area contributed by atoms with Crippen LogP contribution < -0.4 is 5.32 Å². The van der Waals surface area contributed by atoms with E-state index in [2.05, 4.69) is 17.4 Å². The molecule has 17 heavy (non-hydrogen) atoms. The van der Waals surface area contributed by atoms with Gasteiger partial charge < -0.3 is 10.2 Å². The van der Waals surface area contributed by atoms with E-state index < -0.39 is 0 Å². The molecule has 1 saturated heterocycles. The molecule has 0 radical (unpaired) electrons. The van der Waals surface area contributed by atoms with E-state index in [1.807, 2.05) is 30.1 Å². The smallest absolute Gasteiger partial charge is 0.240 e. The molecule has 2 rings (SSSR count). The van der Waals surface area contributed by atoms with Crippen LogP contribution in [0.3, 0.4) is 0 Å². The Kier molecular flexibility index (Phi) is 4.15. The maximum Gasteiger partial charge on any atom is 0.240 e. The van der Waals surface area contributed by atoms with Crippen LogP contribution in [-0.2, 0) is 11.2 Å². The number of likely N-dealkylation sites (tertiary alicyclic amines) is 1. The van der Waals surface area contributed by atoms with Crippen LogP contribution in [0.2, 0.25) is 0 Å². The molecule has 0 aliphatic carbocycles. The fraction of sp³-hybridized carbons (Fsp3) is 0.500. The summed E-state index contributed by atoms with van der Waals surface area (Å²) in [5, 5.41) is 3.14. The number of nitrogens with one attached hydrogen (secondary N) is 1. The minimum absolute atomic E-state index is 0.0875. The molecular formula is C14H20N2O. The fourth-order valence-electron chi connectivity index (χ4n) is 2.32. The Morgan fingerprint density at radius 3 is 2.53 bits per heavy atom. The van der Waals surface area contributed by atoms with E-state index >= 15 is 0 Å². The van der Waals surface area contributed by atoms with Crippen LogP contribution in [0.15, 0.2) is 30.3 Å². The van der Waals surface area contributed by atoms with E-state index in [4.69, 9.17) is 0 Å². The zero-order valence-corrected chi connectivity index (χ0v) is 10.4. The molecule has 1 aliphatic heterocycles. The second-order valence-corrected chi connectivity index (χ2v) is 4.56. The highest BCUT2D eigenvalue weighted by atomic mass is 16.2. The number of carbonyl (C=O) groups is 1. The third-order valence-electron chi connectivity index (χ3n) is 3.35. The molecule has 3 nitrogen and oxygen atoms in total. The van der Waals surface area contributed by atoms with E-state index in [1.165, 1.54) is 5.56 Å². The van der Waals surface area contributed by atoms with Crippen molar-refractivity contribution in [1.82, 2.24) is 10.2 Å². The summed E-state index contributed by atoms with van der Waals surface area (Å²) in [5.41, 5.74) is 1.21. The Balaban J connectivity index is 1.98. The molecule has 1 heterocycles. The maximum absolute atomic E-state index is 12.2. The lowest BCUT2D eigenvalue weighted by atomic mass is 10.1. The first-order valence-corrected chi connectivity index (χ1v) is 6.31. The van der Waals surface area contributed by atoms with Crippen LogP contribution in [0.4, 0.5) is 0 Å². The Morgan fingerprint density at radius 2 is 1.94 bits per heavy atom. The third-order valence-corrected chi connectivity index (χ3v) is 3.35. The molecule has 0 bridgehead atoms. The summed E-state index contributed by atoms with van der Waals surface area (Å²) >= 11 is 0. The van der Waals surface area contributed by atoms with Crippen molar-refractivity contribution in [3.63, 3.8) is 0 Å². The SMILES string of the molecule is CN[C@@H](Cc1ccccc1)C(=O)N1CCCC1. The largest absolute Gasteiger partial charge is 0.341 e. The van der Waals surface area contributed by atoms with Gasteiger partial charge in [-0.15, -0.1) is 0 Å². The van der Waals surface area contributed by atoms with Gasteiger partial charge in [-0.25, -0.2) is 0 Å². The van der Waals surface area contributed by atoms with E-state index in [0.717, 1.165) is 32.4 Å². The van der Waals surface area contributed by atoms with Gasteiger partial charge in [0.2, 0.25) is 5.91 Å². The number of likely N-dealkylation sites (N-methyl/N-ethyl adjacent to an activating group) is 1. The number of hydrogen-bond acceptors (Lipinski definition) is 2. The quantitative estimate of drug-likeness (QED) is 0.852. The normalized spacial score (nSPS) is 17.1. The number of amides is 1. The van der Waals surface area contributed by atoms with E-state index in [0.29, 0.717) is 0 Å². The van der Waals surface area contributed by atoms with Gasteiger partial charge in [0.1, 0.15) is 0 Å². The number of rotatable bonds is 4. The second kappa shape index (κ2) is 5.82. The van der Waals surface area contributed by atoms with E-state index in [9.17, 15) is 4.79 Å². The van der Waals surface area contributed by atoms with Crippen molar-refractivity contribution in [2.24, 2.45) is 0 Å². The minimum atomic E-state index is -0.0875. The van der Waals surface area contributed by atoms with Gasteiger partial charge >= 0.3 is 0 Å². The lowest BCUT2D eigenvalue weighted by Crippen LogP contribution is -2.45. The Hall–Kier alpha value is -1.35. The van der Waals surface area contributed by atoms with Crippen LogP contribution in [0.1, 0.15) is 18.4 Å². The van der Waals surface area contributed by atoms with E-state index in [1.54, 1.807) is 0 Å². The van der Waals surface area contributed by atoms with Crippen molar-refractivity contribution in [1.29, 1.82) is 0 Å². The van der Waals surface area contributed by atoms with Crippen molar-refractivity contribution in [2.75, 3.05) is 20.1 Å². The van der Waals surface area contributed by atoms with Crippen LogP contribution in [0.5, 0.6) is 0 Å². The maximum atomic E-state index is 12.2. The number of nitrogens with zero attached hydrogens (tertiary/aromatic N) is 1. The van der Waals surface area contributed by atoms with Crippen molar-refractivity contribution >= 4 is 5.91 Å². The van der Waals surface area contributed by atoms with Gasteiger partial charge in [-0.1, -0.05) is 30.3 Å². The molecule has 92 valence electrons. The monoisotopic (exact) mass is 232 g/mol. The number of benzene rings is 1. The molecule has 1 amide bonds. The van der Waals surface area contributed by atoms with E-state index in [-0.39, 0.29) is 11.9 Å². The molecule has 1 aliphatic rings. The second-order valence-electron chi connectivity index (χ2n) is 4.56. The van der Waals surface area contributed by atoms with Crippen LogP contribution >= 0.6 is 0 Å². The summed E-state index contributed by atoms with van der Waals surface area (Å²) in [7, 11) is 1.86. The summed E-state index contributed by atoms with van der Waals surface area (Å²) in [6.45, 7) is 1.84. The summed E-state index contributed by atoms with van der Waals surface area (Å²) in [6, 6.07) is 10.1. The highest BCUT2D eigenvalue weighted by Crippen LogP contribution is 2.11. The van der Waals surface area contributed by atoms with Crippen molar-refractivity contribution in [3.8, 4) is 0 Å². The Labute approximate surface area is 103 Å². The molecule has 1 aromatic carbocycles. The third kappa shape index (κ3) is 3.07. The zero-order valence-electron chi connectivity index (χ0n) is 10.4. The van der Waals surface area contributed by atoms with Crippen LogP contribution in [-0.4, -0.2) is 37.0 Å². The Morgan fingerprint density at radius 1 is 1.29 bits per heavy atom. The standard InChI is InChI=1S/C14H20N2O/c1-15-13(11-12-7-3-2-4-8-12)14(17)16-9-5-6-10-16/h2-4,7-8,13,15H,5-6,9-11H2,1H3/t13-/m0/s1. The predicted octanol–water partition coefficient (Wildman–Crippen LogP) is 1.44. The first kappa shape index (κ1) is 12.1. The van der Waals surface area contributed by atoms with Gasteiger partial charge in [0.15, 0.2) is 0 Å². The van der Waals surface area contributed by atoms with Crippen LogP contribution in [0, 0.1) is 0 Å². The molecule has 1 fully saturated rings. The number of hydrogen-bond donors (Lipinski definition) is 1. The molecular weight excluding hydrogens is 212 g/mol. The first-order chi connectivity index (χ1) is 8.31. The summed E-state index contributed by atoms with van der Waals surface area (Å²) in [6.07, 6.45) is 3.06. The van der Waals surface area contributed by atoms with Crippen molar-refractivity contribution < 1.29 is 4.79 Å². The lowest BCUT2D eigenvalue weighted by molar-refractivity contribution is -0.132. The van der Waals surface area contributed by atoms with Gasteiger partial charge in [-0.3, -0.25) is 4.79 Å². The van der Waals surface area contributed by atoms with Gasteiger partial charge in [-0.05, 0) is 31.9 Å². The number of carbonyl (C=O) groups excluding carboxylic acids is 1. The summed E-state index contributed by atoms with van der Waals surface area (Å²) in [4.78, 5) is 14.2. The molecule has 1 aromatic rings. The highest BCUT2D eigenvalue weighted by molar-refractivity contribution is 5.82. The fourth-order valence-corrected chi connectivity index (χ4v) is 2.32. The van der Waals surface area contributed by atoms with Gasteiger partial charge in [-0.2, -0.15) is 0 Å². The molecule has 1 atom stereocenters. The lowest BCUT2D eigenvalue weighted by Gasteiger charge is -2.22. The minimum Gasteiger partial charge on any atom is -0.341 e. The average molecular weight is 232 g/mol. The molecule has 0 saturated carbocycles. The summed E-state index contributed by atoms with van der Waals surface area (Å²) in [5.74, 6) is 0.244. The van der Waals surface area contributed by atoms with Gasteiger partial charge in [0, 0.05) is 13.1 Å². The van der Waals surface area contributed by atoms with Crippen molar-refractivity contribution in [2.45, 2.75) is 25.3 Å². The molecule has 0 spiro atoms. The highest BCUT2D eigenvalue weighted by Gasteiger charge is 2.25. The van der Waals surface area contributed by atoms with Crippen molar-refractivity contribution in [3.05, 3.63) is 35.9 Å². The molecule has 0 aromatic heterocycles. The van der Waals surface area contributed by atoms with Gasteiger partial charge in [0.25, 0.3) is 0 Å². The average Bonchev–Trinajstić information content (AvgIpc) is 2.90. The molecule has 1 N–H and O–H groups in total. The van der Waals surface area contributed by atoms with Crippen LogP contribution in [0.25, 0.3) is 0 Å². The Bertz CT molecular complexity index is 358. The first-order valence-electron chi connectivity index (χ1n) is 6.31. The zero-order chi connectivity index (χ0) is 12.1. The molecule has 0 unspecified atom stereocenters. The topological polar surface area (TPSA) is 32.3 Å². The molecule has 3 heteroatoms. The summed E-state index contributed by atoms with van der Waals surface area (Å²) < 4.78 is 0.